The molecule has 126 valence electrons. The molecule has 2 aromatic rings. The molecular weight excluding hydrogens is 368 g/mol. The van der Waals surface area contributed by atoms with Gasteiger partial charge in [0.1, 0.15) is 6.10 Å². The van der Waals surface area contributed by atoms with Crippen molar-refractivity contribution in [3.63, 3.8) is 0 Å². The van der Waals surface area contributed by atoms with Crippen molar-refractivity contribution in [2.45, 2.75) is 43.8 Å². The maximum atomic E-state index is 12.0. The molecule has 1 saturated carbocycles. The van der Waals surface area contributed by atoms with Gasteiger partial charge in [-0.05, 0) is 48.9 Å². The quantitative estimate of drug-likeness (QED) is 0.751. The lowest BCUT2D eigenvalue weighted by Crippen LogP contribution is -2.44. The average molecular weight is 389 g/mol. The van der Waals surface area contributed by atoms with Gasteiger partial charge in [0.25, 0.3) is 0 Å². The normalized spacial score (nSPS) is 18.0. The van der Waals surface area contributed by atoms with Crippen LogP contribution in [0.4, 0.5) is 0 Å². The second-order valence-corrected chi connectivity index (χ2v) is 7.24. The van der Waals surface area contributed by atoms with Gasteiger partial charge in [-0.15, -0.1) is 0 Å². The van der Waals surface area contributed by atoms with E-state index in [0.29, 0.717) is 12.8 Å². The summed E-state index contributed by atoms with van der Waals surface area (Å²) in [6.07, 6.45) is 3.63. The lowest BCUT2D eigenvalue weighted by molar-refractivity contribution is -0.177. The van der Waals surface area contributed by atoms with Crippen LogP contribution in [0.1, 0.15) is 49.3 Å². The van der Waals surface area contributed by atoms with Gasteiger partial charge in [-0.1, -0.05) is 64.8 Å². The van der Waals surface area contributed by atoms with Crippen molar-refractivity contribution in [2.24, 2.45) is 0 Å². The highest BCUT2D eigenvalue weighted by Gasteiger charge is 2.43. The Bertz CT molecular complexity index is 676. The highest BCUT2D eigenvalue weighted by Crippen LogP contribution is 2.39. The Morgan fingerprint density at radius 3 is 2.12 bits per heavy atom. The Morgan fingerprint density at radius 1 is 0.958 bits per heavy atom. The van der Waals surface area contributed by atoms with Gasteiger partial charge in [-0.2, -0.15) is 0 Å². The first-order chi connectivity index (χ1) is 11.6. The SMILES string of the molecule is O=C(O)C1(OC(c2ccccc2)c2ccc(Br)cc2)CCCCC1. The number of rotatable bonds is 5. The smallest absolute Gasteiger partial charge is 0.336 e. The zero-order valence-electron chi connectivity index (χ0n) is 13.5. The predicted molar refractivity (Wildman–Crippen MR) is 97.0 cm³/mol. The van der Waals surface area contributed by atoms with Crippen LogP contribution in [0.15, 0.2) is 59.1 Å². The third kappa shape index (κ3) is 3.70. The lowest BCUT2D eigenvalue weighted by Gasteiger charge is -2.37. The monoisotopic (exact) mass is 388 g/mol. The van der Waals surface area contributed by atoms with Gasteiger partial charge in [0, 0.05) is 4.47 Å². The molecule has 4 heteroatoms. The zero-order chi connectivity index (χ0) is 17.0. The summed E-state index contributed by atoms with van der Waals surface area (Å²) in [6, 6.07) is 17.7. The number of aliphatic carboxylic acids is 1. The maximum Gasteiger partial charge on any atom is 0.336 e. The van der Waals surface area contributed by atoms with Gasteiger partial charge in [-0.3, -0.25) is 0 Å². The van der Waals surface area contributed by atoms with E-state index in [-0.39, 0.29) is 6.10 Å². The highest BCUT2D eigenvalue weighted by atomic mass is 79.9. The Balaban J connectivity index is 1.98. The molecule has 3 rings (SSSR count). The lowest BCUT2D eigenvalue weighted by atomic mass is 9.84. The molecule has 0 spiro atoms. The van der Waals surface area contributed by atoms with Gasteiger partial charge in [-0.25, -0.2) is 4.79 Å². The molecule has 1 aliphatic rings. The van der Waals surface area contributed by atoms with Crippen molar-refractivity contribution in [1.29, 1.82) is 0 Å². The molecular formula is C20H21BrO3. The number of hydrogen-bond donors (Lipinski definition) is 1. The molecule has 0 amide bonds. The van der Waals surface area contributed by atoms with Crippen molar-refractivity contribution in [3.05, 3.63) is 70.2 Å². The summed E-state index contributed by atoms with van der Waals surface area (Å²) in [5.74, 6) is -0.847. The highest BCUT2D eigenvalue weighted by molar-refractivity contribution is 9.10. The molecule has 0 aromatic heterocycles. The number of ether oxygens (including phenoxy) is 1. The van der Waals surface area contributed by atoms with Crippen LogP contribution in [-0.4, -0.2) is 16.7 Å². The number of halogens is 1. The molecule has 3 nitrogen and oxygen atoms in total. The van der Waals surface area contributed by atoms with E-state index < -0.39 is 11.6 Å². The predicted octanol–water partition coefficient (Wildman–Crippen LogP) is 5.34. The Morgan fingerprint density at radius 2 is 1.54 bits per heavy atom. The average Bonchev–Trinajstić information content (AvgIpc) is 2.62. The van der Waals surface area contributed by atoms with E-state index in [9.17, 15) is 9.90 Å². The van der Waals surface area contributed by atoms with Gasteiger partial charge >= 0.3 is 5.97 Å². The van der Waals surface area contributed by atoms with E-state index >= 15 is 0 Å². The van der Waals surface area contributed by atoms with Crippen LogP contribution >= 0.6 is 15.9 Å². The van der Waals surface area contributed by atoms with Gasteiger partial charge < -0.3 is 9.84 Å². The van der Waals surface area contributed by atoms with Crippen LogP contribution < -0.4 is 0 Å². The van der Waals surface area contributed by atoms with Crippen LogP contribution in [-0.2, 0) is 9.53 Å². The Hall–Kier alpha value is -1.65. The number of benzene rings is 2. The number of carboxylic acids is 1. The summed E-state index contributed by atoms with van der Waals surface area (Å²) in [6.45, 7) is 0. The first kappa shape index (κ1) is 17.2. The minimum Gasteiger partial charge on any atom is -0.479 e. The zero-order valence-corrected chi connectivity index (χ0v) is 15.0. The van der Waals surface area contributed by atoms with E-state index in [0.717, 1.165) is 34.9 Å². The fraction of sp³-hybridized carbons (Fsp3) is 0.350. The Kier molecular flexibility index (Phi) is 5.36. The van der Waals surface area contributed by atoms with Crippen molar-refractivity contribution in [3.8, 4) is 0 Å². The van der Waals surface area contributed by atoms with Crippen molar-refractivity contribution in [1.82, 2.24) is 0 Å². The summed E-state index contributed by atoms with van der Waals surface area (Å²) in [7, 11) is 0. The largest absolute Gasteiger partial charge is 0.479 e. The molecule has 0 radical (unpaired) electrons. The summed E-state index contributed by atoms with van der Waals surface area (Å²) in [5.41, 5.74) is 0.855. The molecule has 1 atom stereocenters. The molecule has 1 N–H and O–H groups in total. The van der Waals surface area contributed by atoms with Gasteiger partial charge in [0.05, 0.1) is 0 Å². The number of hydrogen-bond acceptors (Lipinski definition) is 2. The number of carbonyl (C=O) groups is 1. The first-order valence-electron chi connectivity index (χ1n) is 8.32. The molecule has 0 saturated heterocycles. The molecule has 0 aliphatic heterocycles. The van der Waals surface area contributed by atoms with E-state index in [4.69, 9.17) is 4.74 Å². The van der Waals surface area contributed by atoms with Crippen molar-refractivity contribution in [2.75, 3.05) is 0 Å². The molecule has 24 heavy (non-hydrogen) atoms. The number of carboxylic acid groups (broad SMARTS) is 1. The van der Waals surface area contributed by atoms with E-state index in [1.165, 1.54) is 0 Å². The standard InChI is InChI=1S/C20H21BrO3/c21-17-11-9-16(10-12-17)18(15-7-3-1-4-8-15)24-20(19(22)23)13-5-2-6-14-20/h1,3-4,7-12,18H,2,5-6,13-14H2,(H,22,23). The topological polar surface area (TPSA) is 46.5 Å². The summed E-state index contributed by atoms with van der Waals surface area (Å²) in [4.78, 5) is 12.0. The molecule has 1 aliphatic carbocycles. The third-order valence-electron chi connectivity index (χ3n) is 4.67. The fourth-order valence-electron chi connectivity index (χ4n) is 3.32. The summed E-state index contributed by atoms with van der Waals surface area (Å²) < 4.78 is 7.33. The van der Waals surface area contributed by atoms with Crippen LogP contribution in [0, 0.1) is 0 Å². The third-order valence-corrected chi connectivity index (χ3v) is 5.20. The summed E-state index contributed by atoms with van der Waals surface area (Å²) >= 11 is 3.45. The molecule has 1 fully saturated rings. The molecule has 0 heterocycles. The van der Waals surface area contributed by atoms with Crippen LogP contribution in [0.25, 0.3) is 0 Å². The van der Waals surface area contributed by atoms with Crippen molar-refractivity contribution >= 4 is 21.9 Å². The first-order valence-corrected chi connectivity index (χ1v) is 9.12. The second kappa shape index (κ2) is 7.49. The van der Waals surface area contributed by atoms with Crippen LogP contribution in [0.2, 0.25) is 0 Å². The Labute approximate surface area is 150 Å². The van der Waals surface area contributed by atoms with Crippen molar-refractivity contribution < 1.29 is 14.6 Å². The van der Waals surface area contributed by atoms with Gasteiger partial charge in [0.15, 0.2) is 5.60 Å². The van der Waals surface area contributed by atoms with E-state index in [1.54, 1.807) is 0 Å². The van der Waals surface area contributed by atoms with E-state index in [2.05, 4.69) is 15.9 Å². The minimum absolute atomic E-state index is 0.381. The van der Waals surface area contributed by atoms with Crippen LogP contribution in [0.5, 0.6) is 0 Å². The van der Waals surface area contributed by atoms with Gasteiger partial charge in [0.2, 0.25) is 0 Å². The van der Waals surface area contributed by atoms with Crippen LogP contribution in [0.3, 0.4) is 0 Å². The molecule has 1 unspecified atom stereocenters. The maximum absolute atomic E-state index is 12.0. The minimum atomic E-state index is -1.09. The molecule has 0 bridgehead atoms. The summed E-state index contributed by atoms with van der Waals surface area (Å²) in [5, 5.41) is 9.84. The van der Waals surface area contributed by atoms with E-state index in [1.807, 2.05) is 54.6 Å². The second-order valence-electron chi connectivity index (χ2n) is 6.32. The molecule has 2 aromatic carbocycles. The fourth-order valence-corrected chi connectivity index (χ4v) is 3.59.